The third kappa shape index (κ3) is 3.61. The molecule has 0 spiro atoms. The Morgan fingerprint density at radius 1 is 1.40 bits per heavy atom. The highest BCUT2D eigenvalue weighted by Gasteiger charge is 2.28. The van der Waals surface area contributed by atoms with Gasteiger partial charge in [0.25, 0.3) is 10.0 Å². The highest BCUT2D eigenvalue weighted by Crippen LogP contribution is 2.26. The normalized spacial score (nSPS) is 17.9. The Kier molecular flexibility index (Phi) is 4.89. The lowest BCUT2D eigenvalue weighted by molar-refractivity contribution is 0.316. The molecule has 0 saturated heterocycles. The molecule has 1 aliphatic carbocycles. The van der Waals surface area contributed by atoms with Crippen LogP contribution in [0.4, 0.5) is 0 Å². The standard InChI is InChI=1S/C14H24N2O2S2/c1-10(2)11(3)16(4)20(17,18)14-7-12(9-19-14)8-15-13-5-6-13/h7,9-11,13,15H,5-6,8H2,1-4H3. The molecule has 1 heterocycles. The van der Waals surface area contributed by atoms with E-state index in [1.807, 2.05) is 26.2 Å². The van der Waals surface area contributed by atoms with E-state index in [-0.39, 0.29) is 6.04 Å². The summed E-state index contributed by atoms with van der Waals surface area (Å²) in [7, 11) is -1.69. The van der Waals surface area contributed by atoms with Crippen LogP contribution in [0.15, 0.2) is 15.7 Å². The van der Waals surface area contributed by atoms with Gasteiger partial charge in [0.15, 0.2) is 0 Å². The van der Waals surface area contributed by atoms with E-state index in [1.165, 1.54) is 28.5 Å². The van der Waals surface area contributed by atoms with E-state index >= 15 is 0 Å². The average molecular weight is 316 g/mol. The molecule has 1 aliphatic rings. The van der Waals surface area contributed by atoms with Gasteiger partial charge in [-0.25, -0.2) is 8.42 Å². The van der Waals surface area contributed by atoms with Crippen LogP contribution in [0, 0.1) is 5.92 Å². The Hall–Kier alpha value is -0.430. The van der Waals surface area contributed by atoms with Gasteiger partial charge in [-0.2, -0.15) is 4.31 Å². The van der Waals surface area contributed by atoms with E-state index in [4.69, 9.17) is 0 Å². The molecule has 1 atom stereocenters. The first-order chi connectivity index (χ1) is 9.32. The summed E-state index contributed by atoms with van der Waals surface area (Å²) in [6, 6.07) is 2.44. The minimum Gasteiger partial charge on any atom is -0.310 e. The summed E-state index contributed by atoms with van der Waals surface area (Å²) in [4.78, 5) is 0. The molecule has 0 aliphatic heterocycles. The Balaban J connectivity index is 2.08. The molecule has 1 fully saturated rings. The summed E-state index contributed by atoms with van der Waals surface area (Å²) in [5.41, 5.74) is 1.06. The van der Waals surface area contributed by atoms with Crippen molar-refractivity contribution in [3.05, 3.63) is 17.0 Å². The second-order valence-corrected chi connectivity index (χ2v) is 9.07. The van der Waals surface area contributed by atoms with Crippen LogP contribution >= 0.6 is 11.3 Å². The number of rotatable bonds is 7. The summed E-state index contributed by atoms with van der Waals surface area (Å²) in [5.74, 6) is 0.297. The van der Waals surface area contributed by atoms with Crippen molar-refractivity contribution in [2.24, 2.45) is 5.92 Å². The molecule has 4 nitrogen and oxygen atoms in total. The fourth-order valence-electron chi connectivity index (χ4n) is 1.91. The lowest BCUT2D eigenvalue weighted by atomic mass is 10.1. The molecule has 2 rings (SSSR count). The molecule has 0 amide bonds. The van der Waals surface area contributed by atoms with Crippen LogP contribution in [0.2, 0.25) is 0 Å². The zero-order valence-corrected chi connectivity index (χ0v) is 14.2. The lowest BCUT2D eigenvalue weighted by Gasteiger charge is -2.26. The highest BCUT2D eigenvalue weighted by molar-refractivity contribution is 7.91. The van der Waals surface area contributed by atoms with Crippen LogP contribution in [0.1, 0.15) is 39.2 Å². The predicted molar refractivity (Wildman–Crippen MR) is 83.4 cm³/mol. The molecule has 1 unspecified atom stereocenters. The fourth-order valence-corrected chi connectivity index (χ4v) is 4.80. The van der Waals surface area contributed by atoms with E-state index in [0.717, 1.165) is 12.1 Å². The maximum absolute atomic E-state index is 12.6. The van der Waals surface area contributed by atoms with Crippen LogP contribution < -0.4 is 5.32 Å². The van der Waals surface area contributed by atoms with Crippen LogP contribution in [0.25, 0.3) is 0 Å². The summed E-state index contributed by atoms with van der Waals surface area (Å²) in [6.45, 7) is 6.79. The molecule has 1 aromatic rings. The quantitative estimate of drug-likeness (QED) is 0.841. The summed E-state index contributed by atoms with van der Waals surface area (Å²) in [5, 5.41) is 5.35. The molecule has 0 bridgehead atoms. The van der Waals surface area contributed by atoms with Gasteiger partial charge in [0.2, 0.25) is 0 Å². The second-order valence-electron chi connectivity index (χ2n) is 5.94. The second kappa shape index (κ2) is 6.13. The van der Waals surface area contributed by atoms with Crippen molar-refractivity contribution >= 4 is 21.4 Å². The van der Waals surface area contributed by atoms with E-state index in [0.29, 0.717) is 16.2 Å². The zero-order valence-electron chi connectivity index (χ0n) is 12.6. The van der Waals surface area contributed by atoms with Crippen molar-refractivity contribution in [1.29, 1.82) is 0 Å². The van der Waals surface area contributed by atoms with Gasteiger partial charge in [-0.3, -0.25) is 0 Å². The maximum atomic E-state index is 12.6. The van der Waals surface area contributed by atoms with Gasteiger partial charge in [-0.15, -0.1) is 11.3 Å². The average Bonchev–Trinajstić information content (AvgIpc) is 3.10. The number of hydrogen-bond acceptors (Lipinski definition) is 4. The Morgan fingerprint density at radius 3 is 2.60 bits per heavy atom. The predicted octanol–water partition coefficient (Wildman–Crippen LogP) is 2.67. The molecular formula is C14H24N2O2S2. The molecule has 1 N–H and O–H groups in total. The Bertz CT molecular complexity index is 547. The van der Waals surface area contributed by atoms with Gasteiger partial charge < -0.3 is 5.32 Å². The van der Waals surface area contributed by atoms with Gasteiger partial charge in [0.05, 0.1) is 0 Å². The molecule has 6 heteroatoms. The first-order valence-electron chi connectivity index (χ1n) is 7.11. The summed E-state index contributed by atoms with van der Waals surface area (Å²) >= 11 is 1.32. The van der Waals surface area contributed by atoms with Crippen LogP contribution in [-0.2, 0) is 16.6 Å². The molecule has 1 aromatic heterocycles. The number of sulfonamides is 1. The third-order valence-corrected chi connectivity index (χ3v) is 7.38. The molecule has 20 heavy (non-hydrogen) atoms. The zero-order chi connectivity index (χ0) is 14.9. The minimum atomic E-state index is -3.36. The number of nitrogens with zero attached hydrogens (tertiary/aromatic N) is 1. The van der Waals surface area contributed by atoms with Gasteiger partial charge >= 0.3 is 0 Å². The van der Waals surface area contributed by atoms with Crippen molar-refractivity contribution in [3.8, 4) is 0 Å². The Labute approximate surface area is 126 Å². The molecule has 0 aromatic carbocycles. The maximum Gasteiger partial charge on any atom is 0.252 e. The van der Waals surface area contributed by atoms with Gasteiger partial charge in [-0.1, -0.05) is 13.8 Å². The molecule has 1 saturated carbocycles. The fraction of sp³-hybridized carbons (Fsp3) is 0.714. The number of thiophene rings is 1. The minimum absolute atomic E-state index is 0.00450. The van der Waals surface area contributed by atoms with Crippen LogP contribution in [0.3, 0.4) is 0 Å². The van der Waals surface area contributed by atoms with E-state index in [2.05, 4.69) is 5.32 Å². The lowest BCUT2D eigenvalue weighted by Crippen LogP contribution is -2.37. The first kappa shape index (κ1) is 15.9. The topological polar surface area (TPSA) is 49.4 Å². The summed E-state index contributed by atoms with van der Waals surface area (Å²) in [6.07, 6.45) is 2.48. The van der Waals surface area contributed by atoms with Crippen molar-refractivity contribution in [2.45, 2.75) is 56.5 Å². The van der Waals surface area contributed by atoms with Crippen molar-refractivity contribution in [3.63, 3.8) is 0 Å². The number of nitrogens with one attached hydrogen (secondary N) is 1. The van der Waals surface area contributed by atoms with Gasteiger partial charge in [0, 0.05) is 25.7 Å². The van der Waals surface area contributed by atoms with E-state index in [1.54, 1.807) is 13.1 Å². The number of hydrogen-bond donors (Lipinski definition) is 1. The Morgan fingerprint density at radius 2 is 2.05 bits per heavy atom. The SMILES string of the molecule is CC(C)C(C)N(C)S(=O)(=O)c1cc(CNC2CC2)cs1. The highest BCUT2D eigenvalue weighted by atomic mass is 32.2. The van der Waals surface area contributed by atoms with Gasteiger partial charge in [0.1, 0.15) is 4.21 Å². The molecule has 114 valence electrons. The smallest absolute Gasteiger partial charge is 0.252 e. The van der Waals surface area contributed by atoms with Crippen molar-refractivity contribution in [2.75, 3.05) is 7.05 Å². The molecular weight excluding hydrogens is 292 g/mol. The monoisotopic (exact) mass is 316 g/mol. The third-order valence-electron chi connectivity index (χ3n) is 3.97. The van der Waals surface area contributed by atoms with E-state index < -0.39 is 10.0 Å². The van der Waals surface area contributed by atoms with Crippen LogP contribution in [-0.4, -0.2) is 31.9 Å². The summed E-state index contributed by atoms with van der Waals surface area (Å²) < 4.78 is 27.0. The van der Waals surface area contributed by atoms with E-state index in [9.17, 15) is 8.42 Å². The van der Waals surface area contributed by atoms with Crippen molar-refractivity contribution in [1.82, 2.24) is 9.62 Å². The first-order valence-corrected chi connectivity index (χ1v) is 9.43. The molecule has 0 radical (unpaired) electrons. The van der Waals surface area contributed by atoms with Crippen LogP contribution in [0.5, 0.6) is 0 Å². The largest absolute Gasteiger partial charge is 0.310 e. The van der Waals surface area contributed by atoms with Crippen molar-refractivity contribution < 1.29 is 8.42 Å². The van der Waals surface area contributed by atoms with Gasteiger partial charge in [-0.05, 0) is 42.7 Å².